The lowest BCUT2D eigenvalue weighted by Gasteiger charge is -1.91. The molecule has 5 nitrogen and oxygen atoms in total. The normalized spacial score (nSPS) is 11.1. The van der Waals surface area contributed by atoms with Gasteiger partial charge < -0.3 is 10.2 Å². The molecule has 17 heavy (non-hydrogen) atoms. The first-order chi connectivity index (χ1) is 8.18. The van der Waals surface area contributed by atoms with E-state index in [4.69, 9.17) is 10.2 Å². The maximum atomic E-state index is 10.9. The molecule has 1 heterocycles. The molecule has 0 amide bonds. The highest BCUT2D eigenvalue weighted by Crippen LogP contribution is 2.36. The molecule has 2 aromatic carbocycles. The van der Waals surface area contributed by atoms with Crippen molar-refractivity contribution in [2.45, 2.75) is 0 Å². The van der Waals surface area contributed by atoms with Crippen molar-refractivity contribution in [1.82, 2.24) is 0 Å². The third kappa shape index (κ3) is 1.25. The average molecular weight is 228 g/mol. The van der Waals surface area contributed by atoms with Crippen LogP contribution in [-0.4, -0.2) is 4.92 Å². The number of non-ortho nitro benzene ring substituents is 1. The van der Waals surface area contributed by atoms with Gasteiger partial charge in [-0.25, -0.2) is 0 Å². The van der Waals surface area contributed by atoms with E-state index in [1.807, 2.05) is 6.07 Å². The van der Waals surface area contributed by atoms with Gasteiger partial charge in [0.15, 0.2) is 5.58 Å². The van der Waals surface area contributed by atoms with Gasteiger partial charge in [-0.15, -0.1) is 0 Å². The Labute approximate surface area is 95.6 Å². The Morgan fingerprint density at radius 1 is 1.06 bits per heavy atom. The fraction of sp³-hybridized carbons (Fsp3) is 0. The Morgan fingerprint density at radius 3 is 2.41 bits per heavy atom. The molecule has 0 bridgehead atoms. The molecule has 0 atom stereocenters. The number of rotatable bonds is 1. The van der Waals surface area contributed by atoms with Crippen molar-refractivity contribution in [3.05, 3.63) is 46.5 Å². The van der Waals surface area contributed by atoms with E-state index < -0.39 is 4.92 Å². The molecule has 0 aliphatic rings. The predicted molar refractivity (Wildman–Crippen MR) is 64.8 cm³/mol. The molecule has 0 fully saturated rings. The molecule has 0 spiro atoms. The minimum Gasteiger partial charge on any atom is -0.447 e. The number of nitrogens with two attached hydrogens (primary N) is 1. The molecule has 0 aliphatic carbocycles. The molecule has 3 rings (SSSR count). The van der Waals surface area contributed by atoms with E-state index in [9.17, 15) is 10.1 Å². The largest absolute Gasteiger partial charge is 0.447 e. The fourth-order valence-corrected chi connectivity index (χ4v) is 1.97. The highest BCUT2D eigenvalue weighted by Gasteiger charge is 2.18. The number of benzene rings is 2. The minimum absolute atomic E-state index is 0.0434. The first-order valence-corrected chi connectivity index (χ1v) is 5.02. The van der Waals surface area contributed by atoms with Gasteiger partial charge in [0, 0.05) is 16.8 Å². The maximum Gasteiger partial charge on any atom is 0.312 e. The van der Waals surface area contributed by atoms with Crippen LogP contribution in [0, 0.1) is 10.1 Å². The number of para-hydroxylation sites is 2. The second-order valence-electron chi connectivity index (χ2n) is 3.74. The van der Waals surface area contributed by atoms with Crippen LogP contribution in [0.15, 0.2) is 40.8 Å². The Bertz CT molecular complexity index is 746. The standard InChI is InChI=1S/C12H8N2O3/c13-9-5-1-3-7-8-4-2-6-10(14(15)16)12(8)17-11(7)9/h1-6H,13H2. The van der Waals surface area contributed by atoms with E-state index >= 15 is 0 Å². The lowest BCUT2D eigenvalue weighted by Crippen LogP contribution is -1.86. The summed E-state index contributed by atoms with van der Waals surface area (Å²) in [5, 5.41) is 12.4. The van der Waals surface area contributed by atoms with Crippen molar-refractivity contribution in [2.75, 3.05) is 5.73 Å². The van der Waals surface area contributed by atoms with Crippen LogP contribution < -0.4 is 5.73 Å². The van der Waals surface area contributed by atoms with Gasteiger partial charge in [-0.1, -0.05) is 18.2 Å². The molecular formula is C12H8N2O3. The first-order valence-electron chi connectivity index (χ1n) is 5.02. The van der Waals surface area contributed by atoms with Gasteiger partial charge in [-0.3, -0.25) is 10.1 Å². The van der Waals surface area contributed by atoms with Crippen molar-refractivity contribution in [3.8, 4) is 0 Å². The topological polar surface area (TPSA) is 82.3 Å². The lowest BCUT2D eigenvalue weighted by atomic mass is 10.1. The van der Waals surface area contributed by atoms with Crippen LogP contribution in [0.2, 0.25) is 0 Å². The minimum atomic E-state index is -0.457. The number of nitrogens with zero attached hydrogens (tertiary/aromatic N) is 1. The van der Waals surface area contributed by atoms with Crippen molar-refractivity contribution in [3.63, 3.8) is 0 Å². The van der Waals surface area contributed by atoms with Gasteiger partial charge in [0.1, 0.15) is 0 Å². The van der Waals surface area contributed by atoms with Crippen LogP contribution in [0.5, 0.6) is 0 Å². The molecule has 0 aliphatic heterocycles. The summed E-state index contributed by atoms with van der Waals surface area (Å²) in [6, 6.07) is 10.2. The number of furan rings is 1. The Morgan fingerprint density at radius 2 is 1.71 bits per heavy atom. The zero-order chi connectivity index (χ0) is 12.0. The summed E-state index contributed by atoms with van der Waals surface area (Å²) in [6.45, 7) is 0. The van der Waals surface area contributed by atoms with Gasteiger partial charge in [-0.2, -0.15) is 0 Å². The van der Waals surface area contributed by atoms with Crippen molar-refractivity contribution in [2.24, 2.45) is 0 Å². The molecule has 0 saturated carbocycles. The number of hydrogen-bond donors (Lipinski definition) is 1. The maximum absolute atomic E-state index is 10.9. The molecule has 5 heteroatoms. The first kappa shape index (κ1) is 9.65. The van der Waals surface area contributed by atoms with Crippen LogP contribution in [-0.2, 0) is 0 Å². The van der Waals surface area contributed by atoms with Gasteiger partial charge in [-0.05, 0) is 12.1 Å². The summed E-state index contributed by atoms with van der Waals surface area (Å²) in [4.78, 5) is 10.4. The third-order valence-corrected chi connectivity index (χ3v) is 2.73. The summed E-state index contributed by atoms with van der Waals surface area (Å²) >= 11 is 0. The second-order valence-corrected chi connectivity index (χ2v) is 3.74. The van der Waals surface area contributed by atoms with Gasteiger partial charge >= 0.3 is 5.69 Å². The van der Waals surface area contributed by atoms with Gasteiger partial charge in [0.05, 0.1) is 10.6 Å². The van der Waals surface area contributed by atoms with Crippen LogP contribution >= 0.6 is 0 Å². The van der Waals surface area contributed by atoms with Crippen molar-refractivity contribution in [1.29, 1.82) is 0 Å². The molecular weight excluding hydrogens is 220 g/mol. The molecule has 0 saturated heterocycles. The Kier molecular flexibility index (Phi) is 1.82. The van der Waals surface area contributed by atoms with E-state index in [2.05, 4.69) is 0 Å². The van der Waals surface area contributed by atoms with Gasteiger partial charge in [0.2, 0.25) is 5.58 Å². The number of nitrogen functional groups attached to an aromatic ring is 1. The van der Waals surface area contributed by atoms with E-state index in [0.717, 1.165) is 5.39 Å². The average Bonchev–Trinajstić information content (AvgIpc) is 2.69. The fourth-order valence-electron chi connectivity index (χ4n) is 1.97. The predicted octanol–water partition coefficient (Wildman–Crippen LogP) is 3.08. The number of nitro groups is 1. The third-order valence-electron chi connectivity index (χ3n) is 2.73. The summed E-state index contributed by atoms with van der Waals surface area (Å²) in [7, 11) is 0. The van der Waals surface area contributed by atoms with Gasteiger partial charge in [0.25, 0.3) is 0 Å². The van der Waals surface area contributed by atoms with Crippen LogP contribution in [0.4, 0.5) is 11.4 Å². The van der Waals surface area contributed by atoms with E-state index in [-0.39, 0.29) is 11.3 Å². The van der Waals surface area contributed by atoms with Crippen LogP contribution in [0.25, 0.3) is 21.9 Å². The number of hydrogen-bond acceptors (Lipinski definition) is 4. The molecule has 0 radical (unpaired) electrons. The highest BCUT2D eigenvalue weighted by molar-refractivity contribution is 6.10. The number of nitro benzene ring substituents is 1. The Balaban J connectivity index is 2.55. The summed E-state index contributed by atoms with van der Waals surface area (Å²) in [5.74, 6) is 0. The second kappa shape index (κ2) is 3.21. The molecule has 2 N–H and O–H groups in total. The van der Waals surface area contributed by atoms with Crippen molar-refractivity contribution < 1.29 is 9.34 Å². The summed E-state index contributed by atoms with van der Waals surface area (Å²) < 4.78 is 5.51. The SMILES string of the molecule is Nc1cccc2c1oc1c([N+](=O)[O-])cccc12. The smallest absolute Gasteiger partial charge is 0.312 e. The summed E-state index contributed by atoms with van der Waals surface area (Å²) in [6.07, 6.45) is 0. The van der Waals surface area contributed by atoms with E-state index in [1.165, 1.54) is 6.07 Å². The molecule has 1 aromatic heterocycles. The number of fused-ring (bicyclic) bond motifs is 3. The molecule has 84 valence electrons. The molecule has 3 aromatic rings. The summed E-state index contributed by atoms with van der Waals surface area (Å²) in [5.41, 5.74) is 6.98. The number of anilines is 1. The zero-order valence-corrected chi connectivity index (χ0v) is 8.71. The van der Waals surface area contributed by atoms with Crippen LogP contribution in [0.3, 0.4) is 0 Å². The highest BCUT2D eigenvalue weighted by atomic mass is 16.6. The quantitative estimate of drug-likeness (QED) is 0.394. The van der Waals surface area contributed by atoms with E-state index in [0.29, 0.717) is 16.7 Å². The molecule has 0 unspecified atom stereocenters. The zero-order valence-electron chi connectivity index (χ0n) is 8.71. The van der Waals surface area contributed by atoms with E-state index in [1.54, 1.807) is 24.3 Å². The van der Waals surface area contributed by atoms with Crippen molar-refractivity contribution >= 4 is 33.3 Å². The van der Waals surface area contributed by atoms with Crippen LogP contribution in [0.1, 0.15) is 0 Å². The lowest BCUT2D eigenvalue weighted by molar-refractivity contribution is -0.383. The Hall–Kier alpha value is -2.56. The monoisotopic (exact) mass is 228 g/mol.